The maximum absolute atomic E-state index is 5.70. The lowest BCUT2D eigenvalue weighted by Gasteiger charge is -2.13. The van der Waals surface area contributed by atoms with Crippen LogP contribution in [0.3, 0.4) is 0 Å². The minimum absolute atomic E-state index is 0.215. The van der Waals surface area contributed by atoms with E-state index in [0.29, 0.717) is 17.5 Å². The molecule has 0 aliphatic heterocycles. The van der Waals surface area contributed by atoms with Gasteiger partial charge in [0, 0.05) is 6.04 Å². The molecule has 2 rings (SSSR count). The summed E-state index contributed by atoms with van der Waals surface area (Å²) in [5.41, 5.74) is 6.23. The number of nitrogens with zero attached hydrogens (tertiary/aromatic N) is 2. The molecule has 0 fully saturated rings. The van der Waals surface area contributed by atoms with Crippen LogP contribution in [0.25, 0.3) is 0 Å². The first-order valence-electron chi connectivity index (χ1n) is 4.45. The Morgan fingerprint density at radius 2 is 2.14 bits per heavy atom. The van der Waals surface area contributed by atoms with Crippen LogP contribution in [0, 0.1) is 0 Å². The van der Waals surface area contributed by atoms with Gasteiger partial charge >= 0.3 is 0 Å². The third kappa shape index (κ3) is 1.96. The molecular weight excluding hydrogens is 200 g/mol. The van der Waals surface area contributed by atoms with Crippen LogP contribution in [-0.4, -0.2) is 16.0 Å². The second kappa shape index (κ2) is 3.84. The van der Waals surface area contributed by atoms with Gasteiger partial charge in [0.15, 0.2) is 5.82 Å². The minimum Gasteiger partial charge on any atom is -0.394 e. The minimum atomic E-state index is 0.215. The summed E-state index contributed by atoms with van der Waals surface area (Å²) in [5.74, 6) is 0.624. The normalized spacial score (nSPS) is 16.1. The molecule has 14 heavy (non-hydrogen) atoms. The molecule has 1 aliphatic rings. The molecule has 1 aromatic heterocycles. The summed E-state index contributed by atoms with van der Waals surface area (Å²) in [5, 5.41) is 3.44. The average molecular weight is 211 g/mol. The van der Waals surface area contributed by atoms with E-state index >= 15 is 0 Å². The van der Waals surface area contributed by atoms with Crippen molar-refractivity contribution in [1.82, 2.24) is 9.97 Å². The van der Waals surface area contributed by atoms with E-state index in [9.17, 15) is 0 Å². The number of anilines is 2. The van der Waals surface area contributed by atoms with E-state index in [2.05, 4.69) is 27.4 Å². The van der Waals surface area contributed by atoms with Gasteiger partial charge in [0.2, 0.25) is 5.28 Å². The van der Waals surface area contributed by atoms with Gasteiger partial charge in [-0.2, -0.15) is 4.98 Å². The van der Waals surface area contributed by atoms with Crippen LogP contribution in [0.5, 0.6) is 0 Å². The van der Waals surface area contributed by atoms with Gasteiger partial charge in [-0.15, -0.1) is 0 Å². The molecule has 3 N–H and O–H groups in total. The standard InChI is InChI=1S/C9H11ClN4/c10-9-12-5-7(11)8(14-9)13-6-3-1-2-4-6/h1-2,5-6H,3-4,11H2,(H,12,13,14). The lowest BCUT2D eigenvalue weighted by atomic mass is 10.2. The molecule has 0 spiro atoms. The zero-order valence-corrected chi connectivity index (χ0v) is 8.33. The second-order valence-electron chi connectivity index (χ2n) is 3.23. The van der Waals surface area contributed by atoms with Crippen molar-refractivity contribution in [3.05, 3.63) is 23.6 Å². The highest BCUT2D eigenvalue weighted by Gasteiger charge is 2.12. The van der Waals surface area contributed by atoms with Crippen LogP contribution >= 0.6 is 11.6 Å². The highest BCUT2D eigenvalue weighted by Crippen LogP contribution is 2.20. The summed E-state index contributed by atoms with van der Waals surface area (Å²) in [6.45, 7) is 0. The van der Waals surface area contributed by atoms with Gasteiger partial charge in [-0.25, -0.2) is 4.98 Å². The molecule has 4 nitrogen and oxygen atoms in total. The number of rotatable bonds is 2. The van der Waals surface area contributed by atoms with Gasteiger partial charge < -0.3 is 11.1 Å². The van der Waals surface area contributed by atoms with Gasteiger partial charge in [-0.1, -0.05) is 12.2 Å². The smallest absolute Gasteiger partial charge is 0.224 e. The van der Waals surface area contributed by atoms with Crippen LogP contribution in [0.15, 0.2) is 18.3 Å². The number of nitrogens with one attached hydrogen (secondary N) is 1. The lowest BCUT2D eigenvalue weighted by molar-refractivity contribution is 0.780. The second-order valence-corrected chi connectivity index (χ2v) is 3.57. The highest BCUT2D eigenvalue weighted by atomic mass is 35.5. The van der Waals surface area contributed by atoms with Crippen molar-refractivity contribution >= 4 is 23.1 Å². The van der Waals surface area contributed by atoms with Gasteiger partial charge in [0.25, 0.3) is 0 Å². The van der Waals surface area contributed by atoms with Crippen molar-refractivity contribution < 1.29 is 0 Å². The van der Waals surface area contributed by atoms with Gasteiger partial charge in [0.1, 0.15) is 0 Å². The fourth-order valence-electron chi connectivity index (χ4n) is 1.41. The number of aromatic nitrogens is 2. The number of hydrogen-bond acceptors (Lipinski definition) is 4. The van der Waals surface area contributed by atoms with Crippen LogP contribution in [0.1, 0.15) is 12.8 Å². The predicted molar refractivity (Wildman–Crippen MR) is 57.2 cm³/mol. The first-order chi connectivity index (χ1) is 6.75. The van der Waals surface area contributed by atoms with E-state index in [0.717, 1.165) is 12.8 Å². The van der Waals surface area contributed by atoms with E-state index in [1.54, 1.807) is 0 Å². The Balaban J connectivity index is 2.11. The van der Waals surface area contributed by atoms with Gasteiger partial charge in [0.05, 0.1) is 11.9 Å². The largest absolute Gasteiger partial charge is 0.394 e. The molecule has 0 amide bonds. The Morgan fingerprint density at radius 3 is 2.86 bits per heavy atom. The third-order valence-electron chi connectivity index (χ3n) is 2.14. The lowest BCUT2D eigenvalue weighted by Crippen LogP contribution is -2.17. The molecule has 1 aromatic rings. The summed E-state index contributed by atoms with van der Waals surface area (Å²) in [7, 11) is 0. The molecule has 0 unspecified atom stereocenters. The molecule has 0 saturated heterocycles. The van der Waals surface area contributed by atoms with E-state index in [4.69, 9.17) is 17.3 Å². The molecule has 1 aliphatic carbocycles. The van der Waals surface area contributed by atoms with Crippen molar-refractivity contribution in [2.75, 3.05) is 11.1 Å². The summed E-state index contributed by atoms with van der Waals surface area (Å²) in [6.07, 6.45) is 7.79. The van der Waals surface area contributed by atoms with Crippen molar-refractivity contribution in [2.24, 2.45) is 0 Å². The Kier molecular flexibility index (Phi) is 2.54. The molecule has 5 heteroatoms. The number of hydrogen-bond donors (Lipinski definition) is 2. The van der Waals surface area contributed by atoms with E-state index in [-0.39, 0.29) is 5.28 Å². The monoisotopic (exact) mass is 210 g/mol. The molecular formula is C9H11ClN4. The highest BCUT2D eigenvalue weighted by molar-refractivity contribution is 6.28. The number of nitrogens with two attached hydrogens (primary N) is 1. The molecule has 0 atom stereocenters. The Morgan fingerprint density at radius 1 is 1.43 bits per heavy atom. The summed E-state index contributed by atoms with van der Waals surface area (Å²) in [4.78, 5) is 7.81. The zero-order valence-electron chi connectivity index (χ0n) is 7.57. The molecule has 0 radical (unpaired) electrons. The molecule has 0 aromatic carbocycles. The van der Waals surface area contributed by atoms with Crippen LogP contribution in [0.2, 0.25) is 5.28 Å². The number of nitrogen functional groups attached to an aromatic ring is 1. The molecule has 74 valence electrons. The Bertz CT molecular complexity index is 356. The quantitative estimate of drug-likeness (QED) is 0.578. The zero-order chi connectivity index (χ0) is 9.97. The Labute approximate surface area is 87.2 Å². The molecule has 1 heterocycles. The van der Waals surface area contributed by atoms with E-state index in [1.807, 2.05) is 0 Å². The van der Waals surface area contributed by atoms with Gasteiger partial charge in [-0.3, -0.25) is 0 Å². The maximum atomic E-state index is 5.70. The van der Waals surface area contributed by atoms with Crippen molar-refractivity contribution in [1.29, 1.82) is 0 Å². The van der Waals surface area contributed by atoms with E-state index < -0.39 is 0 Å². The molecule has 0 bridgehead atoms. The summed E-state index contributed by atoms with van der Waals surface area (Å²) in [6, 6.07) is 0.378. The fraction of sp³-hybridized carbons (Fsp3) is 0.333. The first-order valence-corrected chi connectivity index (χ1v) is 4.83. The Hall–Kier alpha value is -1.29. The van der Waals surface area contributed by atoms with Crippen LogP contribution in [0.4, 0.5) is 11.5 Å². The number of halogens is 1. The third-order valence-corrected chi connectivity index (χ3v) is 2.32. The average Bonchev–Trinajstić information content (AvgIpc) is 2.64. The van der Waals surface area contributed by atoms with Crippen LogP contribution < -0.4 is 11.1 Å². The van der Waals surface area contributed by atoms with Crippen molar-refractivity contribution in [3.8, 4) is 0 Å². The van der Waals surface area contributed by atoms with Crippen LogP contribution in [-0.2, 0) is 0 Å². The summed E-state index contributed by atoms with van der Waals surface area (Å²) < 4.78 is 0. The fourth-order valence-corrected chi connectivity index (χ4v) is 1.55. The predicted octanol–water partition coefficient (Wildman–Crippen LogP) is 1.84. The topological polar surface area (TPSA) is 63.8 Å². The first kappa shape index (κ1) is 9.27. The summed E-state index contributed by atoms with van der Waals surface area (Å²) >= 11 is 5.67. The SMILES string of the molecule is Nc1cnc(Cl)nc1NC1CC=CC1. The maximum Gasteiger partial charge on any atom is 0.224 e. The van der Waals surface area contributed by atoms with Crippen molar-refractivity contribution in [3.63, 3.8) is 0 Å². The van der Waals surface area contributed by atoms with Gasteiger partial charge in [-0.05, 0) is 24.4 Å². The van der Waals surface area contributed by atoms with Crippen molar-refractivity contribution in [2.45, 2.75) is 18.9 Å². The molecule has 0 saturated carbocycles. The van der Waals surface area contributed by atoms with E-state index in [1.165, 1.54) is 6.20 Å².